The zero-order chi connectivity index (χ0) is 13.4. The number of nitrogens with one attached hydrogen (secondary N) is 2. The van der Waals surface area contributed by atoms with Crippen molar-refractivity contribution >= 4 is 11.8 Å². The summed E-state index contributed by atoms with van der Waals surface area (Å²) in [5, 5.41) is 5.87. The van der Waals surface area contributed by atoms with Crippen LogP contribution >= 0.6 is 0 Å². The van der Waals surface area contributed by atoms with Crippen LogP contribution in [0.2, 0.25) is 0 Å². The molecule has 4 N–H and O–H groups in total. The Morgan fingerprint density at radius 3 is 2.78 bits per heavy atom. The Kier molecular flexibility index (Phi) is 5.87. The van der Waals surface area contributed by atoms with Crippen LogP contribution in [0, 0.1) is 0 Å². The van der Waals surface area contributed by atoms with Gasteiger partial charge >= 0.3 is 0 Å². The van der Waals surface area contributed by atoms with Crippen LogP contribution in [0.15, 0.2) is 24.3 Å². The van der Waals surface area contributed by atoms with Crippen molar-refractivity contribution < 1.29 is 9.59 Å². The van der Waals surface area contributed by atoms with Gasteiger partial charge in [-0.05, 0) is 24.2 Å². The summed E-state index contributed by atoms with van der Waals surface area (Å²) < 4.78 is 0. The lowest BCUT2D eigenvalue weighted by Crippen LogP contribution is -2.27. The molecular weight excluding hydrogens is 230 g/mol. The summed E-state index contributed by atoms with van der Waals surface area (Å²) in [6.07, 6.45) is 0.448. The number of primary amides is 1. The van der Waals surface area contributed by atoms with Crippen molar-refractivity contribution in [2.24, 2.45) is 5.73 Å². The van der Waals surface area contributed by atoms with Crippen molar-refractivity contribution in [1.29, 1.82) is 0 Å². The number of benzene rings is 1. The number of rotatable bonds is 7. The third-order valence-electron chi connectivity index (χ3n) is 2.48. The summed E-state index contributed by atoms with van der Waals surface area (Å²) >= 11 is 0. The maximum atomic E-state index is 11.5. The second-order valence-corrected chi connectivity index (χ2v) is 3.94. The van der Waals surface area contributed by atoms with Crippen LogP contribution in [0.3, 0.4) is 0 Å². The molecule has 0 radical (unpaired) electrons. The van der Waals surface area contributed by atoms with E-state index in [1.54, 1.807) is 18.2 Å². The molecule has 0 saturated carbocycles. The molecule has 0 fully saturated rings. The van der Waals surface area contributed by atoms with E-state index in [2.05, 4.69) is 10.6 Å². The number of amides is 2. The lowest BCUT2D eigenvalue weighted by molar-refractivity contribution is -0.121. The van der Waals surface area contributed by atoms with E-state index in [0.717, 1.165) is 12.1 Å². The van der Waals surface area contributed by atoms with Crippen molar-refractivity contribution in [3.8, 4) is 0 Å². The van der Waals surface area contributed by atoms with Crippen molar-refractivity contribution in [2.45, 2.75) is 19.9 Å². The number of nitrogens with two attached hydrogens (primary N) is 1. The summed E-state index contributed by atoms with van der Waals surface area (Å²) in [7, 11) is 0. The SMILES string of the molecule is CCNCCC(=O)NCc1cccc(C(N)=O)c1. The van der Waals surface area contributed by atoms with Gasteiger partial charge in [-0.2, -0.15) is 0 Å². The Balaban J connectivity index is 2.41. The standard InChI is InChI=1S/C13H19N3O2/c1-2-15-7-6-12(17)16-9-10-4-3-5-11(8-10)13(14)18/h3-5,8,15H,2,6-7,9H2,1H3,(H2,14,18)(H,16,17). The zero-order valence-electron chi connectivity index (χ0n) is 10.5. The van der Waals surface area contributed by atoms with Crippen LogP contribution in [-0.4, -0.2) is 24.9 Å². The van der Waals surface area contributed by atoms with Crippen molar-refractivity contribution in [3.05, 3.63) is 35.4 Å². The fourth-order valence-electron chi connectivity index (χ4n) is 1.50. The summed E-state index contributed by atoms with van der Waals surface area (Å²) in [5.74, 6) is -0.476. The summed E-state index contributed by atoms with van der Waals surface area (Å²) in [4.78, 5) is 22.5. The molecule has 0 unspecified atom stereocenters. The van der Waals surface area contributed by atoms with Gasteiger partial charge in [0.05, 0.1) is 0 Å². The predicted octanol–water partition coefficient (Wildman–Crippen LogP) is 0.401. The lowest BCUT2D eigenvalue weighted by Gasteiger charge is -2.06. The third kappa shape index (κ3) is 4.97. The molecule has 0 atom stereocenters. The van der Waals surface area contributed by atoms with Gasteiger partial charge in [0.1, 0.15) is 0 Å². The molecule has 5 heteroatoms. The summed E-state index contributed by atoms with van der Waals surface area (Å²) in [6, 6.07) is 6.93. The van der Waals surface area contributed by atoms with Gasteiger partial charge in [0.15, 0.2) is 0 Å². The molecule has 18 heavy (non-hydrogen) atoms. The molecule has 0 aromatic heterocycles. The highest BCUT2D eigenvalue weighted by molar-refractivity contribution is 5.92. The average molecular weight is 249 g/mol. The molecular formula is C13H19N3O2. The van der Waals surface area contributed by atoms with E-state index < -0.39 is 5.91 Å². The van der Waals surface area contributed by atoms with Gasteiger partial charge in [-0.1, -0.05) is 19.1 Å². The highest BCUT2D eigenvalue weighted by Gasteiger charge is 2.03. The molecule has 0 spiro atoms. The molecule has 0 aliphatic rings. The minimum absolute atomic E-state index is 0.0135. The van der Waals surface area contributed by atoms with Gasteiger partial charge in [0.25, 0.3) is 0 Å². The Hall–Kier alpha value is -1.88. The number of carbonyl (C=O) groups excluding carboxylic acids is 2. The summed E-state index contributed by atoms with van der Waals surface area (Å²) in [6.45, 7) is 3.93. The maximum Gasteiger partial charge on any atom is 0.248 e. The smallest absolute Gasteiger partial charge is 0.248 e. The van der Waals surface area contributed by atoms with E-state index in [9.17, 15) is 9.59 Å². The molecule has 0 saturated heterocycles. The molecule has 0 bridgehead atoms. The van der Waals surface area contributed by atoms with Crippen molar-refractivity contribution in [1.82, 2.24) is 10.6 Å². The molecule has 0 aliphatic carbocycles. The quantitative estimate of drug-likeness (QED) is 0.612. The molecule has 1 aromatic rings. The molecule has 0 aliphatic heterocycles. The van der Waals surface area contributed by atoms with E-state index in [-0.39, 0.29) is 5.91 Å². The van der Waals surface area contributed by atoms with Crippen LogP contribution in [0.25, 0.3) is 0 Å². The largest absolute Gasteiger partial charge is 0.366 e. The first-order valence-electron chi connectivity index (χ1n) is 5.99. The van der Waals surface area contributed by atoms with Gasteiger partial charge in [0.2, 0.25) is 11.8 Å². The fourth-order valence-corrected chi connectivity index (χ4v) is 1.50. The first kappa shape index (κ1) is 14.2. The van der Waals surface area contributed by atoms with E-state index in [1.807, 2.05) is 13.0 Å². The van der Waals surface area contributed by atoms with Crippen LogP contribution in [0.1, 0.15) is 29.3 Å². The van der Waals surface area contributed by atoms with Gasteiger partial charge in [-0.25, -0.2) is 0 Å². The van der Waals surface area contributed by atoms with Crippen LogP contribution in [0.4, 0.5) is 0 Å². The van der Waals surface area contributed by atoms with Gasteiger partial charge in [-0.15, -0.1) is 0 Å². The first-order valence-corrected chi connectivity index (χ1v) is 5.99. The topological polar surface area (TPSA) is 84.2 Å². The van der Waals surface area contributed by atoms with Crippen molar-refractivity contribution in [3.63, 3.8) is 0 Å². The molecule has 5 nitrogen and oxygen atoms in total. The number of carbonyl (C=O) groups is 2. The zero-order valence-corrected chi connectivity index (χ0v) is 10.5. The Morgan fingerprint density at radius 1 is 1.33 bits per heavy atom. The molecule has 1 rings (SSSR count). The van der Waals surface area contributed by atoms with Gasteiger partial charge in [0, 0.05) is 25.1 Å². The van der Waals surface area contributed by atoms with Gasteiger partial charge < -0.3 is 16.4 Å². The lowest BCUT2D eigenvalue weighted by atomic mass is 10.1. The first-order chi connectivity index (χ1) is 8.63. The minimum Gasteiger partial charge on any atom is -0.366 e. The van der Waals surface area contributed by atoms with E-state index in [4.69, 9.17) is 5.73 Å². The van der Waals surface area contributed by atoms with Crippen LogP contribution in [-0.2, 0) is 11.3 Å². The molecule has 1 aromatic carbocycles. The second-order valence-electron chi connectivity index (χ2n) is 3.94. The molecule has 2 amide bonds. The monoisotopic (exact) mass is 249 g/mol. The number of hydrogen-bond acceptors (Lipinski definition) is 3. The summed E-state index contributed by atoms with van der Waals surface area (Å²) in [5.41, 5.74) is 6.50. The Bertz CT molecular complexity index is 418. The van der Waals surface area contributed by atoms with Crippen LogP contribution < -0.4 is 16.4 Å². The fraction of sp³-hybridized carbons (Fsp3) is 0.385. The predicted molar refractivity (Wildman–Crippen MR) is 70.0 cm³/mol. The van der Waals surface area contributed by atoms with E-state index >= 15 is 0 Å². The number of hydrogen-bond donors (Lipinski definition) is 3. The normalized spacial score (nSPS) is 10.1. The van der Waals surface area contributed by atoms with E-state index in [1.165, 1.54) is 0 Å². The van der Waals surface area contributed by atoms with Crippen LogP contribution in [0.5, 0.6) is 0 Å². The highest BCUT2D eigenvalue weighted by Crippen LogP contribution is 2.04. The Morgan fingerprint density at radius 2 is 2.11 bits per heavy atom. The Labute approximate surface area is 107 Å². The maximum absolute atomic E-state index is 11.5. The average Bonchev–Trinajstić information content (AvgIpc) is 2.37. The molecule has 98 valence electrons. The minimum atomic E-state index is -0.463. The van der Waals surface area contributed by atoms with Crippen molar-refractivity contribution in [2.75, 3.05) is 13.1 Å². The second kappa shape index (κ2) is 7.45. The van der Waals surface area contributed by atoms with Gasteiger partial charge in [-0.3, -0.25) is 9.59 Å². The third-order valence-corrected chi connectivity index (χ3v) is 2.48. The highest BCUT2D eigenvalue weighted by atomic mass is 16.1. The molecule has 0 heterocycles. The van der Waals surface area contributed by atoms with E-state index in [0.29, 0.717) is 25.1 Å².